The lowest BCUT2D eigenvalue weighted by molar-refractivity contribution is -0.918. The van der Waals surface area contributed by atoms with Crippen molar-refractivity contribution in [2.24, 2.45) is 10.4 Å². The number of ketones is 1. The Kier molecular flexibility index (Phi) is 4.96. The highest BCUT2D eigenvalue weighted by molar-refractivity contribution is 6.04. The van der Waals surface area contributed by atoms with Crippen molar-refractivity contribution >= 4 is 11.5 Å². The van der Waals surface area contributed by atoms with E-state index in [2.05, 4.69) is 44.2 Å². The largest absolute Gasteiger partial charge is 0.331 e. The quantitative estimate of drug-likeness (QED) is 0.914. The van der Waals surface area contributed by atoms with E-state index < -0.39 is 0 Å². The summed E-state index contributed by atoms with van der Waals surface area (Å²) in [4.78, 5) is 18.5. The summed E-state index contributed by atoms with van der Waals surface area (Å²) in [5, 5.41) is 0. The molecule has 3 rings (SSSR count). The van der Waals surface area contributed by atoms with Crippen LogP contribution in [-0.2, 0) is 11.3 Å². The Morgan fingerprint density at radius 2 is 1.83 bits per heavy atom. The SMILES string of the molecule is CC1(C)CC(=O)CC(=NC2CC[NH+](Cc3ccccc3)CC2)C1. The van der Waals surface area contributed by atoms with Gasteiger partial charge in [0.05, 0.1) is 19.1 Å². The predicted molar refractivity (Wildman–Crippen MR) is 93.9 cm³/mol. The van der Waals surface area contributed by atoms with E-state index in [1.54, 1.807) is 4.90 Å². The van der Waals surface area contributed by atoms with Crippen molar-refractivity contribution in [3.05, 3.63) is 35.9 Å². The molecule has 1 saturated heterocycles. The third-order valence-electron chi connectivity index (χ3n) is 5.08. The van der Waals surface area contributed by atoms with Gasteiger partial charge in [0.25, 0.3) is 0 Å². The third-order valence-corrected chi connectivity index (χ3v) is 5.08. The smallest absolute Gasteiger partial charge is 0.139 e. The highest BCUT2D eigenvalue weighted by Crippen LogP contribution is 2.32. The van der Waals surface area contributed by atoms with E-state index in [1.807, 2.05) is 0 Å². The first kappa shape index (κ1) is 16.4. The monoisotopic (exact) mass is 313 g/mol. The summed E-state index contributed by atoms with van der Waals surface area (Å²) in [7, 11) is 0. The van der Waals surface area contributed by atoms with E-state index in [1.165, 1.54) is 18.7 Å². The normalized spacial score (nSPS) is 29.7. The molecule has 3 heteroatoms. The molecule has 0 unspecified atom stereocenters. The fraction of sp³-hybridized carbons (Fsp3) is 0.600. The lowest BCUT2D eigenvalue weighted by atomic mass is 9.76. The van der Waals surface area contributed by atoms with E-state index >= 15 is 0 Å². The van der Waals surface area contributed by atoms with Crippen molar-refractivity contribution in [1.82, 2.24) is 0 Å². The predicted octanol–water partition coefficient (Wildman–Crippen LogP) is 2.45. The van der Waals surface area contributed by atoms with Gasteiger partial charge in [-0.05, 0) is 11.8 Å². The van der Waals surface area contributed by atoms with Gasteiger partial charge < -0.3 is 4.90 Å². The van der Waals surface area contributed by atoms with Crippen molar-refractivity contribution < 1.29 is 9.69 Å². The maximum Gasteiger partial charge on any atom is 0.139 e. The number of piperidine rings is 1. The van der Waals surface area contributed by atoms with Crippen LogP contribution in [0.3, 0.4) is 0 Å². The van der Waals surface area contributed by atoms with Crippen LogP contribution in [0, 0.1) is 5.41 Å². The Morgan fingerprint density at radius 3 is 2.48 bits per heavy atom. The van der Waals surface area contributed by atoms with Gasteiger partial charge in [0.1, 0.15) is 12.3 Å². The topological polar surface area (TPSA) is 33.9 Å². The number of hydrogen-bond acceptors (Lipinski definition) is 2. The zero-order valence-corrected chi connectivity index (χ0v) is 14.5. The molecule has 0 aromatic heterocycles. The van der Waals surface area contributed by atoms with Crippen LogP contribution >= 0.6 is 0 Å². The number of carbonyl (C=O) groups excluding carboxylic acids is 1. The molecule has 1 aliphatic heterocycles. The van der Waals surface area contributed by atoms with Gasteiger partial charge in [0.15, 0.2) is 0 Å². The first-order valence-electron chi connectivity index (χ1n) is 8.95. The minimum Gasteiger partial charge on any atom is -0.331 e. The molecule has 124 valence electrons. The lowest BCUT2D eigenvalue weighted by Crippen LogP contribution is -3.12. The summed E-state index contributed by atoms with van der Waals surface area (Å²) < 4.78 is 0. The van der Waals surface area contributed by atoms with Gasteiger partial charge in [-0.25, -0.2) is 0 Å². The van der Waals surface area contributed by atoms with Gasteiger partial charge in [-0.3, -0.25) is 9.79 Å². The van der Waals surface area contributed by atoms with Crippen LogP contribution < -0.4 is 4.90 Å². The van der Waals surface area contributed by atoms with Gasteiger partial charge in [-0.1, -0.05) is 44.2 Å². The second-order valence-electron chi connectivity index (χ2n) is 8.07. The Balaban J connectivity index is 1.53. The van der Waals surface area contributed by atoms with E-state index in [0.29, 0.717) is 24.7 Å². The number of rotatable bonds is 3. The van der Waals surface area contributed by atoms with Gasteiger partial charge in [-0.2, -0.15) is 0 Å². The molecule has 0 spiro atoms. The standard InChI is InChI=1S/C20H28N2O/c1-20(2)13-18(12-19(23)14-20)21-17-8-10-22(11-9-17)15-16-6-4-3-5-7-16/h3-7,17H,8-15H2,1-2H3/p+1. The van der Waals surface area contributed by atoms with E-state index in [4.69, 9.17) is 4.99 Å². The Morgan fingerprint density at radius 1 is 1.13 bits per heavy atom. The molecule has 0 bridgehead atoms. The Hall–Kier alpha value is -1.48. The third kappa shape index (κ3) is 4.74. The maximum absolute atomic E-state index is 11.9. The summed E-state index contributed by atoms with van der Waals surface area (Å²) >= 11 is 0. The first-order chi connectivity index (χ1) is 11.0. The molecule has 0 atom stereocenters. The molecular formula is C20H29N2O+. The Labute approximate surface area is 139 Å². The summed E-state index contributed by atoms with van der Waals surface area (Å²) in [6.45, 7) is 7.87. The molecule has 1 heterocycles. The number of hydrogen-bond donors (Lipinski definition) is 1. The number of carbonyl (C=O) groups is 1. The van der Waals surface area contributed by atoms with Crippen LogP contribution in [0.4, 0.5) is 0 Å². The summed E-state index contributed by atoms with van der Waals surface area (Å²) in [5.74, 6) is 0.368. The van der Waals surface area contributed by atoms with Crippen molar-refractivity contribution in [3.8, 4) is 0 Å². The highest BCUT2D eigenvalue weighted by Gasteiger charge is 2.31. The molecule has 1 aromatic rings. The van der Waals surface area contributed by atoms with Gasteiger partial charge in [-0.15, -0.1) is 0 Å². The minimum absolute atomic E-state index is 0.105. The second kappa shape index (κ2) is 6.96. The summed E-state index contributed by atoms with van der Waals surface area (Å²) in [6, 6.07) is 11.2. The fourth-order valence-corrected chi connectivity index (χ4v) is 4.05. The van der Waals surface area contributed by atoms with Crippen LogP contribution in [0.1, 0.15) is 51.5 Å². The van der Waals surface area contributed by atoms with E-state index in [-0.39, 0.29) is 5.41 Å². The number of likely N-dealkylation sites (tertiary alicyclic amines) is 1. The first-order valence-corrected chi connectivity index (χ1v) is 8.95. The summed E-state index contributed by atoms with van der Waals surface area (Å²) in [6.07, 6.45) is 4.61. The van der Waals surface area contributed by atoms with Crippen LogP contribution in [0.15, 0.2) is 35.3 Å². The van der Waals surface area contributed by atoms with Crippen molar-refractivity contribution in [2.75, 3.05) is 13.1 Å². The second-order valence-corrected chi connectivity index (χ2v) is 8.07. The number of quaternary nitrogens is 1. The fourth-order valence-electron chi connectivity index (χ4n) is 4.05. The van der Waals surface area contributed by atoms with Crippen LogP contribution in [0.25, 0.3) is 0 Å². The average Bonchev–Trinajstić information content (AvgIpc) is 2.48. The molecule has 2 aliphatic rings. The van der Waals surface area contributed by atoms with Gasteiger partial charge in [0, 0.05) is 37.0 Å². The molecule has 1 N–H and O–H groups in total. The molecule has 23 heavy (non-hydrogen) atoms. The van der Waals surface area contributed by atoms with Gasteiger partial charge >= 0.3 is 0 Å². The molecule has 3 nitrogen and oxygen atoms in total. The van der Waals surface area contributed by atoms with E-state index in [9.17, 15) is 4.79 Å². The van der Waals surface area contributed by atoms with Crippen molar-refractivity contribution in [1.29, 1.82) is 0 Å². The average molecular weight is 313 g/mol. The number of Topliss-reactive ketones (excluding diaryl/α,β-unsaturated/α-hetero) is 1. The molecule has 2 fully saturated rings. The highest BCUT2D eigenvalue weighted by atomic mass is 16.1. The number of benzene rings is 1. The number of nitrogens with one attached hydrogen (secondary N) is 1. The molecular weight excluding hydrogens is 284 g/mol. The summed E-state index contributed by atoms with van der Waals surface area (Å²) in [5.41, 5.74) is 2.68. The van der Waals surface area contributed by atoms with Crippen LogP contribution in [0.2, 0.25) is 0 Å². The van der Waals surface area contributed by atoms with Gasteiger partial charge in [0.2, 0.25) is 0 Å². The van der Waals surface area contributed by atoms with Crippen LogP contribution in [0.5, 0.6) is 0 Å². The number of aliphatic imine (C=N–C) groups is 1. The molecule has 1 saturated carbocycles. The molecule has 1 aliphatic carbocycles. The zero-order chi connectivity index (χ0) is 16.3. The molecule has 0 amide bonds. The lowest BCUT2D eigenvalue weighted by Gasteiger charge is -2.32. The van der Waals surface area contributed by atoms with Crippen LogP contribution in [-0.4, -0.2) is 30.6 Å². The zero-order valence-electron chi connectivity index (χ0n) is 14.5. The molecule has 1 aromatic carbocycles. The maximum atomic E-state index is 11.9. The van der Waals surface area contributed by atoms with Crippen molar-refractivity contribution in [3.63, 3.8) is 0 Å². The molecule has 0 radical (unpaired) electrons. The number of nitrogens with zero attached hydrogens (tertiary/aromatic N) is 1. The Bertz CT molecular complexity index is 569. The minimum atomic E-state index is 0.105. The van der Waals surface area contributed by atoms with Crippen molar-refractivity contribution in [2.45, 2.75) is 58.5 Å². The van der Waals surface area contributed by atoms with E-state index in [0.717, 1.165) is 31.5 Å².